The van der Waals surface area contributed by atoms with E-state index in [0.29, 0.717) is 24.3 Å². The fourth-order valence-electron chi connectivity index (χ4n) is 4.39. The quantitative estimate of drug-likeness (QED) is 0.695. The van der Waals surface area contributed by atoms with Gasteiger partial charge in [0.2, 0.25) is 11.8 Å². The third-order valence-electron chi connectivity index (χ3n) is 6.00. The highest BCUT2D eigenvalue weighted by Gasteiger charge is 2.47. The topological polar surface area (TPSA) is 91.0 Å². The van der Waals surface area contributed by atoms with Crippen LogP contribution in [0.15, 0.2) is 54.6 Å². The average Bonchev–Trinajstić information content (AvgIpc) is 2.83. The Balaban J connectivity index is 1.50. The van der Waals surface area contributed by atoms with Crippen molar-refractivity contribution >= 4 is 23.5 Å². The zero-order valence-electron chi connectivity index (χ0n) is 18.1. The molecule has 2 aliphatic rings. The van der Waals surface area contributed by atoms with Gasteiger partial charge in [0.15, 0.2) is 0 Å². The molecule has 2 heterocycles. The number of carbonyl (C=O) groups is 3. The number of nitrogens with one attached hydrogen (secondary N) is 2. The van der Waals surface area contributed by atoms with E-state index in [-0.39, 0.29) is 30.9 Å². The molecule has 2 N–H and O–H groups in total. The van der Waals surface area contributed by atoms with Gasteiger partial charge in [-0.25, -0.2) is 4.79 Å². The summed E-state index contributed by atoms with van der Waals surface area (Å²) in [4.78, 5) is 42.1. The second-order valence-corrected chi connectivity index (χ2v) is 8.03. The second kappa shape index (κ2) is 9.82. The number of carbonyl (C=O) groups excluding carboxylic acids is 3. The van der Waals surface area contributed by atoms with E-state index in [1.807, 2.05) is 36.4 Å². The van der Waals surface area contributed by atoms with Crippen LogP contribution in [-0.4, -0.2) is 66.5 Å². The summed E-state index contributed by atoms with van der Waals surface area (Å²) in [5.74, 6) is 0.00393. The third-order valence-corrected chi connectivity index (χ3v) is 6.00. The van der Waals surface area contributed by atoms with Gasteiger partial charge in [-0.3, -0.25) is 14.5 Å². The predicted octanol–water partition coefficient (Wildman–Crippen LogP) is 2.26. The maximum absolute atomic E-state index is 13.3. The van der Waals surface area contributed by atoms with E-state index in [4.69, 9.17) is 4.74 Å². The Hall–Kier alpha value is -3.39. The van der Waals surface area contributed by atoms with Crippen molar-refractivity contribution in [1.29, 1.82) is 0 Å². The van der Waals surface area contributed by atoms with Crippen LogP contribution < -0.4 is 15.4 Å². The lowest BCUT2D eigenvalue weighted by Gasteiger charge is -2.46. The fourth-order valence-corrected chi connectivity index (χ4v) is 4.39. The predicted molar refractivity (Wildman–Crippen MR) is 120 cm³/mol. The minimum absolute atomic E-state index is 0.130. The Bertz CT molecular complexity index is 981. The number of methoxy groups -OCH3 is 1. The van der Waals surface area contributed by atoms with Crippen LogP contribution in [0.25, 0.3) is 0 Å². The average molecular weight is 437 g/mol. The number of piperidine rings is 1. The molecule has 8 nitrogen and oxygen atoms in total. The van der Waals surface area contributed by atoms with E-state index in [2.05, 4.69) is 10.6 Å². The summed E-state index contributed by atoms with van der Waals surface area (Å²) in [5.41, 5.74) is 1.59. The minimum Gasteiger partial charge on any atom is -0.495 e. The van der Waals surface area contributed by atoms with Gasteiger partial charge >= 0.3 is 6.03 Å². The number of imide groups is 1. The largest absolute Gasteiger partial charge is 0.495 e. The molecule has 0 aliphatic carbocycles. The molecular formula is C24H28N4O4. The van der Waals surface area contributed by atoms with Crippen LogP contribution in [0.3, 0.4) is 0 Å². The molecule has 2 unspecified atom stereocenters. The first-order valence-electron chi connectivity index (χ1n) is 10.9. The molecule has 168 valence electrons. The summed E-state index contributed by atoms with van der Waals surface area (Å²) < 4.78 is 5.29. The number of amides is 4. The number of hydrogen-bond acceptors (Lipinski definition) is 5. The third kappa shape index (κ3) is 4.60. The molecular weight excluding hydrogens is 408 g/mol. The number of benzene rings is 2. The van der Waals surface area contributed by atoms with Crippen molar-refractivity contribution < 1.29 is 19.1 Å². The summed E-state index contributed by atoms with van der Waals surface area (Å²) in [6.45, 7) is 0.862. The number of fused-ring (bicyclic) bond motifs is 1. The van der Waals surface area contributed by atoms with Gasteiger partial charge < -0.3 is 20.3 Å². The Morgan fingerprint density at radius 3 is 2.66 bits per heavy atom. The number of nitrogens with zero attached hydrogens (tertiary/aromatic N) is 2. The van der Waals surface area contributed by atoms with Crippen molar-refractivity contribution in [3.05, 3.63) is 60.2 Å². The molecule has 0 radical (unpaired) electrons. The van der Waals surface area contributed by atoms with Crippen LogP contribution in [-0.2, 0) is 16.0 Å². The Labute approximate surface area is 187 Å². The van der Waals surface area contributed by atoms with Gasteiger partial charge in [-0.1, -0.05) is 42.5 Å². The minimum atomic E-state index is -0.490. The van der Waals surface area contributed by atoms with Crippen molar-refractivity contribution in [1.82, 2.24) is 15.1 Å². The number of ether oxygens (including phenoxy) is 1. The standard InChI is InChI=1S/C24H28N4O4/c1-32-20-12-6-5-10-18(20)26-21(29)16-28-19-11-7-14-25-22(19)23(30)27(24(28)31)15-13-17-8-3-2-4-9-17/h2-6,8-10,12,19,22,25H,7,11,13-16H2,1H3,(H,26,29). The SMILES string of the molecule is COc1ccccc1NC(=O)CN1C(=O)N(CCc2ccccc2)C(=O)C2NCCCC21. The molecule has 2 saturated heterocycles. The lowest BCUT2D eigenvalue weighted by molar-refractivity contribution is -0.138. The van der Waals surface area contributed by atoms with Crippen molar-refractivity contribution in [2.75, 3.05) is 32.1 Å². The zero-order chi connectivity index (χ0) is 22.5. The fraction of sp³-hybridized carbons (Fsp3) is 0.375. The van der Waals surface area contributed by atoms with Gasteiger partial charge in [-0.15, -0.1) is 0 Å². The van der Waals surface area contributed by atoms with Gasteiger partial charge in [0.1, 0.15) is 18.3 Å². The smallest absolute Gasteiger partial charge is 0.327 e. The van der Waals surface area contributed by atoms with E-state index in [1.54, 1.807) is 18.2 Å². The lowest BCUT2D eigenvalue weighted by Crippen LogP contribution is -2.70. The summed E-state index contributed by atoms with van der Waals surface area (Å²) in [6.07, 6.45) is 2.09. The van der Waals surface area contributed by atoms with Gasteiger partial charge in [-0.05, 0) is 43.5 Å². The van der Waals surface area contributed by atoms with Crippen LogP contribution in [0.2, 0.25) is 0 Å². The molecule has 0 spiro atoms. The summed E-state index contributed by atoms with van der Waals surface area (Å²) in [7, 11) is 1.54. The number of urea groups is 1. The zero-order valence-corrected chi connectivity index (χ0v) is 18.1. The highest BCUT2D eigenvalue weighted by molar-refractivity contribution is 6.03. The van der Waals surface area contributed by atoms with Crippen molar-refractivity contribution in [3.8, 4) is 5.75 Å². The van der Waals surface area contributed by atoms with Crippen LogP contribution in [0.1, 0.15) is 18.4 Å². The highest BCUT2D eigenvalue weighted by atomic mass is 16.5. The second-order valence-electron chi connectivity index (χ2n) is 8.03. The van der Waals surface area contributed by atoms with Gasteiger partial charge in [-0.2, -0.15) is 0 Å². The first kappa shape index (κ1) is 21.8. The van der Waals surface area contributed by atoms with Crippen molar-refractivity contribution in [2.45, 2.75) is 31.3 Å². The van der Waals surface area contributed by atoms with Crippen molar-refractivity contribution in [3.63, 3.8) is 0 Å². The summed E-state index contributed by atoms with van der Waals surface area (Å²) in [5, 5.41) is 6.08. The molecule has 2 aromatic rings. The molecule has 2 aromatic carbocycles. The van der Waals surface area contributed by atoms with E-state index < -0.39 is 12.1 Å². The van der Waals surface area contributed by atoms with E-state index >= 15 is 0 Å². The van der Waals surface area contributed by atoms with Gasteiger partial charge in [0.25, 0.3) is 0 Å². The van der Waals surface area contributed by atoms with E-state index in [0.717, 1.165) is 18.5 Å². The number of hydrogen-bond donors (Lipinski definition) is 2. The summed E-state index contributed by atoms with van der Waals surface area (Å²) in [6, 6.07) is 15.6. The molecule has 0 saturated carbocycles. The molecule has 8 heteroatoms. The molecule has 4 amide bonds. The van der Waals surface area contributed by atoms with Gasteiger partial charge in [0, 0.05) is 6.54 Å². The lowest BCUT2D eigenvalue weighted by atomic mass is 9.93. The highest BCUT2D eigenvalue weighted by Crippen LogP contribution is 2.26. The van der Waals surface area contributed by atoms with Crippen LogP contribution in [0.4, 0.5) is 10.5 Å². The molecule has 2 aliphatic heterocycles. The van der Waals surface area contributed by atoms with Crippen LogP contribution >= 0.6 is 0 Å². The van der Waals surface area contributed by atoms with Crippen LogP contribution in [0, 0.1) is 0 Å². The number of anilines is 1. The summed E-state index contributed by atoms with van der Waals surface area (Å²) >= 11 is 0. The monoisotopic (exact) mass is 436 g/mol. The first-order chi connectivity index (χ1) is 15.6. The number of rotatable bonds is 7. The normalized spacial score (nSPS) is 20.7. The maximum atomic E-state index is 13.3. The molecule has 0 bridgehead atoms. The molecule has 2 fully saturated rings. The van der Waals surface area contributed by atoms with E-state index in [1.165, 1.54) is 16.9 Å². The first-order valence-corrected chi connectivity index (χ1v) is 10.9. The molecule has 4 rings (SSSR count). The molecule has 32 heavy (non-hydrogen) atoms. The van der Waals surface area contributed by atoms with Crippen molar-refractivity contribution in [2.24, 2.45) is 0 Å². The van der Waals surface area contributed by atoms with E-state index in [9.17, 15) is 14.4 Å². The Morgan fingerprint density at radius 1 is 1.12 bits per heavy atom. The maximum Gasteiger partial charge on any atom is 0.327 e. The molecule has 2 atom stereocenters. The molecule has 0 aromatic heterocycles. The number of para-hydroxylation sites is 2. The Kier molecular flexibility index (Phi) is 6.70. The Morgan fingerprint density at radius 2 is 1.88 bits per heavy atom. The van der Waals surface area contributed by atoms with Gasteiger partial charge in [0.05, 0.1) is 18.8 Å². The van der Waals surface area contributed by atoms with Crippen LogP contribution in [0.5, 0.6) is 5.75 Å².